The van der Waals surface area contributed by atoms with Gasteiger partial charge in [-0.1, -0.05) is 49.7 Å². The van der Waals surface area contributed by atoms with E-state index in [4.69, 9.17) is 17.3 Å². The Balaban J connectivity index is 2.32. The highest BCUT2D eigenvalue weighted by Crippen LogP contribution is 2.27. The van der Waals surface area contributed by atoms with Crippen LogP contribution in [0.2, 0.25) is 5.02 Å². The molecule has 9 heteroatoms. The zero-order chi connectivity index (χ0) is 24.6. The van der Waals surface area contributed by atoms with Crippen molar-refractivity contribution in [2.45, 2.75) is 20.0 Å². The van der Waals surface area contributed by atoms with Gasteiger partial charge in [-0.05, 0) is 43.4 Å². The van der Waals surface area contributed by atoms with E-state index in [0.717, 1.165) is 25.7 Å². The van der Waals surface area contributed by atoms with Gasteiger partial charge in [0, 0.05) is 31.3 Å². The highest BCUT2D eigenvalue weighted by Gasteiger charge is 2.31. The highest BCUT2D eigenvalue weighted by atomic mass is 35.5. The number of para-hydroxylation sites is 1. The van der Waals surface area contributed by atoms with E-state index >= 15 is 0 Å². The number of likely N-dealkylation sites (N-methyl/N-ethyl adjacent to an activating group) is 2. The fraction of sp³-hybridized carbons (Fsp3) is 0.333. The summed E-state index contributed by atoms with van der Waals surface area (Å²) in [6, 6.07) is 12.7. The maximum atomic E-state index is 13.1. The van der Waals surface area contributed by atoms with Crippen molar-refractivity contribution < 1.29 is 18.0 Å². The first-order valence-electron chi connectivity index (χ1n) is 10.5. The summed E-state index contributed by atoms with van der Waals surface area (Å²) in [6.07, 6.45) is -3.94. The monoisotopic (exact) mass is 480 g/mol. The number of carbonyl (C=O) groups excluding carboxylic acids is 1. The number of nitrogens with zero attached hydrogens (tertiary/aromatic N) is 3. The number of nitrogens with two attached hydrogens (primary N) is 1. The zero-order valence-electron chi connectivity index (χ0n) is 18.9. The lowest BCUT2D eigenvalue weighted by molar-refractivity contribution is -0.0925. The van der Waals surface area contributed by atoms with Crippen molar-refractivity contribution in [3.05, 3.63) is 76.5 Å². The van der Waals surface area contributed by atoms with E-state index in [1.54, 1.807) is 60.5 Å². The number of amides is 1. The van der Waals surface area contributed by atoms with E-state index in [1.807, 2.05) is 0 Å². The maximum Gasteiger partial charge on any atom is 0.430 e. The van der Waals surface area contributed by atoms with Crippen LogP contribution in [0.4, 0.5) is 18.9 Å². The average molecular weight is 481 g/mol. The number of hydrogen-bond donors (Lipinski definition) is 1. The molecule has 2 N–H and O–H groups in total. The maximum absolute atomic E-state index is 13.1. The minimum Gasteiger partial charge on any atom is -0.395 e. The molecule has 0 radical (unpaired) electrons. The van der Waals surface area contributed by atoms with Crippen LogP contribution in [0.1, 0.15) is 29.8 Å². The molecule has 0 unspecified atom stereocenters. The Labute approximate surface area is 197 Å². The van der Waals surface area contributed by atoms with Crippen LogP contribution in [0.25, 0.3) is 0 Å². The van der Waals surface area contributed by atoms with Crippen molar-refractivity contribution in [2.24, 2.45) is 10.7 Å². The SMILES string of the molecule is CCN(CC)CCN(C)C(=O)c1ccc(C(C=C(N)C(F)(F)F)=Nc2ccccc2Cl)cc1. The quantitative estimate of drug-likeness (QED) is 0.497. The van der Waals surface area contributed by atoms with Gasteiger partial charge < -0.3 is 15.5 Å². The van der Waals surface area contributed by atoms with Gasteiger partial charge in [0.25, 0.3) is 5.91 Å². The molecule has 0 saturated carbocycles. The fourth-order valence-electron chi connectivity index (χ4n) is 3.02. The second-order valence-electron chi connectivity index (χ2n) is 7.38. The van der Waals surface area contributed by atoms with Crippen molar-refractivity contribution in [1.29, 1.82) is 0 Å². The lowest BCUT2D eigenvalue weighted by atomic mass is 10.1. The van der Waals surface area contributed by atoms with Gasteiger partial charge in [-0.25, -0.2) is 4.99 Å². The van der Waals surface area contributed by atoms with E-state index in [0.29, 0.717) is 23.4 Å². The third-order valence-electron chi connectivity index (χ3n) is 5.13. The van der Waals surface area contributed by atoms with E-state index in [-0.39, 0.29) is 16.6 Å². The molecular weight excluding hydrogens is 453 g/mol. The predicted octanol–water partition coefficient (Wildman–Crippen LogP) is 5.28. The number of halogens is 4. The fourth-order valence-corrected chi connectivity index (χ4v) is 3.20. The van der Waals surface area contributed by atoms with Crippen LogP contribution in [0.15, 0.2) is 65.3 Å². The molecule has 0 fully saturated rings. The topological polar surface area (TPSA) is 61.9 Å². The number of hydrogen-bond acceptors (Lipinski definition) is 4. The van der Waals surface area contributed by atoms with Gasteiger partial charge in [-0.2, -0.15) is 13.2 Å². The molecule has 0 bridgehead atoms. The molecule has 33 heavy (non-hydrogen) atoms. The third kappa shape index (κ3) is 7.61. The molecular formula is C24H28ClF3N4O. The van der Waals surface area contributed by atoms with Gasteiger partial charge in [0.05, 0.1) is 16.4 Å². The number of carbonyl (C=O) groups is 1. The molecule has 0 aliphatic heterocycles. The Kier molecular flexibility index (Phi) is 9.49. The Morgan fingerprint density at radius 1 is 1.03 bits per heavy atom. The standard InChI is InChI=1S/C24H28ClF3N4O/c1-4-32(5-2)15-14-31(3)23(33)18-12-10-17(11-13-18)21(16-22(29)24(26,27)28)30-20-9-7-6-8-19(20)25/h6-13,16H,4-5,14-15,29H2,1-3H3. The summed E-state index contributed by atoms with van der Waals surface area (Å²) in [5.41, 5.74) is 5.02. The van der Waals surface area contributed by atoms with Crippen LogP contribution in [0.3, 0.4) is 0 Å². The minimum absolute atomic E-state index is 0.0215. The van der Waals surface area contributed by atoms with E-state index in [2.05, 4.69) is 23.7 Å². The molecule has 2 aromatic rings. The summed E-state index contributed by atoms with van der Waals surface area (Å²) in [5, 5.41) is 0.288. The molecule has 0 spiro atoms. The Morgan fingerprint density at radius 2 is 1.61 bits per heavy atom. The molecule has 0 atom stereocenters. The van der Waals surface area contributed by atoms with E-state index in [9.17, 15) is 18.0 Å². The van der Waals surface area contributed by atoms with Crippen LogP contribution < -0.4 is 5.73 Å². The van der Waals surface area contributed by atoms with Crippen molar-refractivity contribution in [3.8, 4) is 0 Å². The average Bonchev–Trinajstić information content (AvgIpc) is 2.79. The summed E-state index contributed by atoms with van der Waals surface area (Å²) in [4.78, 5) is 20.9. The molecule has 0 heterocycles. The van der Waals surface area contributed by atoms with Crippen molar-refractivity contribution in [1.82, 2.24) is 9.80 Å². The van der Waals surface area contributed by atoms with Crippen molar-refractivity contribution >= 4 is 28.9 Å². The second kappa shape index (κ2) is 11.9. The number of benzene rings is 2. The number of allylic oxidation sites excluding steroid dienone is 2. The van der Waals surface area contributed by atoms with Gasteiger partial charge in [-0.15, -0.1) is 0 Å². The predicted molar refractivity (Wildman–Crippen MR) is 127 cm³/mol. The van der Waals surface area contributed by atoms with Crippen LogP contribution in [0.5, 0.6) is 0 Å². The van der Waals surface area contributed by atoms with Gasteiger partial charge in [0.15, 0.2) is 0 Å². The number of alkyl halides is 3. The molecule has 0 saturated heterocycles. The van der Waals surface area contributed by atoms with Crippen LogP contribution in [-0.2, 0) is 0 Å². The summed E-state index contributed by atoms with van der Waals surface area (Å²) >= 11 is 6.12. The van der Waals surface area contributed by atoms with Gasteiger partial charge in [0.1, 0.15) is 5.70 Å². The smallest absolute Gasteiger partial charge is 0.395 e. The summed E-state index contributed by atoms with van der Waals surface area (Å²) in [7, 11) is 1.72. The summed E-state index contributed by atoms with van der Waals surface area (Å²) in [6.45, 7) is 7.23. The minimum atomic E-state index is -4.70. The largest absolute Gasteiger partial charge is 0.430 e. The van der Waals surface area contributed by atoms with Crippen LogP contribution in [-0.4, -0.2) is 60.8 Å². The van der Waals surface area contributed by atoms with E-state index in [1.165, 1.54) is 0 Å². The first-order valence-corrected chi connectivity index (χ1v) is 10.9. The molecule has 1 amide bonds. The molecule has 5 nitrogen and oxygen atoms in total. The first-order chi connectivity index (χ1) is 15.6. The van der Waals surface area contributed by atoms with Crippen LogP contribution in [0, 0.1) is 0 Å². The Bertz CT molecular complexity index is 1000. The molecule has 178 valence electrons. The Hall–Kier alpha value is -2.84. The molecule has 0 aliphatic carbocycles. The van der Waals surface area contributed by atoms with Gasteiger partial charge in [0.2, 0.25) is 0 Å². The molecule has 2 aromatic carbocycles. The lowest BCUT2D eigenvalue weighted by Gasteiger charge is -2.23. The summed E-state index contributed by atoms with van der Waals surface area (Å²) in [5.74, 6) is -0.177. The van der Waals surface area contributed by atoms with Gasteiger partial charge in [-0.3, -0.25) is 4.79 Å². The molecule has 0 aliphatic rings. The first kappa shape index (κ1) is 26.4. The van der Waals surface area contributed by atoms with Crippen molar-refractivity contribution in [3.63, 3.8) is 0 Å². The lowest BCUT2D eigenvalue weighted by Crippen LogP contribution is -2.36. The normalized spacial score (nSPS) is 12.8. The summed E-state index contributed by atoms with van der Waals surface area (Å²) < 4.78 is 39.2. The van der Waals surface area contributed by atoms with E-state index < -0.39 is 11.9 Å². The third-order valence-corrected chi connectivity index (χ3v) is 5.45. The number of rotatable bonds is 9. The Morgan fingerprint density at radius 3 is 2.15 bits per heavy atom. The van der Waals surface area contributed by atoms with Crippen molar-refractivity contribution in [2.75, 3.05) is 33.2 Å². The molecule has 2 rings (SSSR count). The number of aliphatic imine (C=N–C) groups is 1. The second-order valence-corrected chi connectivity index (χ2v) is 7.78. The highest BCUT2D eigenvalue weighted by molar-refractivity contribution is 6.33. The molecule has 0 aromatic heterocycles. The van der Waals surface area contributed by atoms with Gasteiger partial charge >= 0.3 is 6.18 Å². The zero-order valence-corrected chi connectivity index (χ0v) is 19.6. The van der Waals surface area contributed by atoms with Crippen LogP contribution >= 0.6 is 11.6 Å².